The van der Waals surface area contributed by atoms with E-state index in [1.807, 2.05) is 6.92 Å². The normalized spacial score (nSPS) is 38.7. The van der Waals surface area contributed by atoms with Gasteiger partial charge in [0.25, 0.3) is 0 Å². The Labute approximate surface area is 111 Å². The maximum absolute atomic E-state index is 11.5. The molecule has 0 radical (unpaired) electrons. The summed E-state index contributed by atoms with van der Waals surface area (Å²) in [6, 6.07) is 0.524. The lowest BCUT2D eigenvalue weighted by Gasteiger charge is -2.43. The molecule has 2 bridgehead atoms. The van der Waals surface area contributed by atoms with Crippen molar-refractivity contribution in [2.45, 2.75) is 53.0 Å². The minimum absolute atomic E-state index is 0.0615. The van der Waals surface area contributed by atoms with Gasteiger partial charge < -0.3 is 10.1 Å². The van der Waals surface area contributed by atoms with E-state index in [2.05, 4.69) is 26.1 Å². The zero-order chi connectivity index (χ0) is 13.6. The Kier molecular flexibility index (Phi) is 3.48. The Balaban J connectivity index is 1.99. The van der Waals surface area contributed by atoms with Crippen LogP contribution in [0.25, 0.3) is 0 Å². The molecule has 0 spiro atoms. The largest absolute Gasteiger partial charge is 0.469 e. The molecule has 0 saturated heterocycles. The van der Waals surface area contributed by atoms with Gasteiger partial charge in [-0.15, -0.1) is 0 Å². The molecule has 2 fully saturated rings. The van der Waals surface area contributed by atoms with E-state index in [9.17, 15) is 4.79 Å². The van der Waals surface area contributed by atoms with Crippen LogP contribution in [0.15, 0.2) is 0 Å². The SMILES string of the molecule is COC(=O)C(C)CNC1C2(C)CCC(C2)C1(C)C. The highest BCUT2D eigenvalue weighted by Crippen LogP contribution is 2.62. The van der Waals surface area contributed by atoms with E-state index in [1.54, 1.807) is 0 Å². The van der Waals surface area contributed by atoms with Gasteiger partial charge in [0.1, 0.15) is 0 Å². The average Bonchev–Trinajstić information content (AvgIpc) is 2.78. The van der Waals surface area contributed by atoms with E-state index in [4.69, 9.17) is 4.74 Å². The molecule has 2 aliphatic rings. The standard InChI is InChI=1S/C15H27NO2/c1-10(12(17)18-5)9-16-13-14(2,3)11-6-7-15(13,4)8-11/h10-11,13,16H,6-9H2,1-5H3. The fourth-order valence-electron chi connectivity index (χ4n) is 4.39. The molecule has 2 saturated carbocycles. The Hall–Kier alpha value is -0.570. The average molecular weight is 253 g/mol. The number of esters is 1. The first-order valence-electron chi connectivity index (χ1n) is 7.12. The van der Waals surface area contributed by atoms with Gasteiger partial charge in [-0.25, -0.2) is 0 Å². The molecule has 3 heteroatoms. The molecule has 2 aliphatic carbocycles. The van der Waals surface area contributed by atoms with Crippen LogP contribution in [0.4, 0.5) is 0 Å². The molecule has 0 aliphatic heterocycles. The summed E-state index contributed by atoms with van der Waals surface area (Å²) in [6.45, 7) is 9.82. The van der Waals surface area contributed by atoms with Crippen molar-refractivity contribution in [3.8, 4) is 0 Å². The van der Waals surface area contributed by atoms with Gasteiger partial charge in [-0.2, -0.15) is 0 Å². The highest BCUT2D eigenvalue weighted by molar-refractivity contribution is 5.72. The van der Waals surface area contributed by atoms with Crippen LogP contribution in [0.3, 0.4) is 0 Å². The van der Waals surface area contributed by atoms with Crippen LogP contribution < -0.4 is 5.32 Å². The Morgan fingerprint density at radius 2 is 2.11 bits per heavy atom. The van der Waals surface area contributed by atoms with Crippen LogP contribution in [0.5, 0.6) is 0 Å². The number of hydrogen-bond acceptors (Lipinski definition) is 3. The molecule has 18 heavy (non-hydrogen) atoms. The van der Waals surface area contributed by atoms with Crippen molar-refractivity contribution in [2.75, 3.05) is 13.7 Å². The maximum atomic E-state index is 11.5. The fourth-order valence-corrected chi connectivity index (χ4v) is 4.39. The van der Waals surface area contributed by atoms with Gasteiger partial charge in [-0.1, -0.05) is 27.7 Å². The first-order chi connectivity index (χ1) is 8.31. The smallest absolute Gasteiger partial charge is 0.309 e. The first-order valence-corrected chi connectivity index (χ1v) is 7.12. The molecule has 1 N–H and O–H groups in total. The number of rotatable bonds is 4. The van der Waals surface area contributed by atoms with Gasteiger partial charge in [0.15, 0.2) is 0 Å². The summed E-state index contributed by atoms with van der Waals surface area (Å²) < 4.78 is 4.79. The van der Waals surface area contributed by atoms with Gasteiger partial charge in [-0.3, -0.25) is 4.79 Å². The van der Waals surface area contributed by atoms with Crippen molar-refractivity contribution in [2.24, 2.45) is 22.7 Å². The van der Waals surface area contributed by atoms with Crippen LogP contribution in [-0.4, -0.2) is 25.7 Å². The summed E-state index contributed by atoms with van der Waals surface area (Å²) in [5.74, 6) is 0.663. The van der Waals surface area contributed by atoms with Crippen LogP contribution in [0.2, 0.25) is 0 Å². The maximum Gasteiger partial charge on any atom is 0.309 e. The van der Waals surface area contributed by atoms with E-state index < -0.39 is 0 Å². The van der Waals surface area contributed by atoms with Crippen LogP contribution in [-0.2, 0) is 9.53 Å². The number of hydrogen-bond donors (Lipinski definition) is 1. The molecule has 0 aromatic heterocycles. The van der Waals surface area contributed by atoms with Gasteiger partial charge >= 0.3 is 5.97 Å². The number of nitrogens with one attached hydrogen (secondary N) is 1. The van der Waals surface area contributed by atoms with Crippen molar-refractivity contribution >= 4 is 5.97 Å². The molecule has 0 amide bonds. The number of fused-ring (bicyclic) bond motifs is 2. The summed E-state index contributed by atoms with van der Waals surface area (Å²) in [7, 11) is 1.46. The lowest BCUT2D eigenvalue weighted by molar-refractivity contribution is -0.144. The van der Waals surface area contributed by atoms with Gasteiger partial charge in [0, 0.05) is 12.6 Å². The lowest BCUT2D eigenvalue weighted by atomic mass is 9.68. The molecule has 2 rings (SSSR count). The Morgan fingerprint density at radius 1 is 1.44 bits per heavy atom. The van der Waals surface area contributed by atoms with Crippen molar-refractivity contribution in [3.63, 3.8) is 0 Å². The number of methoxy groups -OCH3 is 1. The first kappa shape index (κ1) is 13.9. The lowest BCUT2D eigenvalue weighted by Crippen LogP contribution is -2.51. The second kappa shape index (κ2) is 4.52. The summed E-state index contributed by atoms with van der Waals surface area (Å²) >= 11 is 0. The fraction of sp³-hybridized carbons (Fsp3) is 0.933. The summed E-state index contributed by atoms with van der Waals surface area (Å²) in [5.41, 5.74) is 0.771. The van der Waals surface area contributed by atoms with E-state index in [1.165, 1.54) is 26.4 Å². The third-order valence-electron chi connectivity index (χ3n) is 5.50. The Morgan fingerprint density at radius 3 is 2.61 bits per heavy atom. The van der Waals surface area contributed by atoms with E-state index >= 15 is 0 Å². The minimum Gasteiger partial charge on any atom is -0.469 e. The predicted octanol–water partition coefficient (Wildman–Crippen LogP) is 2.60. The second-order valence-electron chi connectivity index (χ2n) is 7.18. The van der Waals surface area contributed by atoms with Crippen molar-refractivity contribution in [3.05, 3.63) is 0 Å². The molecular weight excluding hydrogens is 226 g/mol. The zero-order valence-electron chi connectivity index (χ0n) is 12.4. The minimum atomic E-state index is -0.117. The highest BCUT2D eigenvalue weighted by Gasteiger charge is 2.58. The van der Waals surface area contributed by atoms with Crippen molar-refractivity contribution in [1.82, 2.24) is 5.32 Å². The quantitative estimate of drug-likeness (QED) is 0.783. The number of carbonyl (C=O) groups is 1. The van der Waals surface area contributed by atoms with Gasteiger partial charge in [-0.05, 0) is 36.0 Å². The molecule has 0 aromatic carbocycles. The van der Waals surface area contributed by atoms with Crippen LogP contribution in [0, 0.1) is 22.7 Å². The molecular formula is C15H27NO2. The topological polar surface area (TPSA) is 38.3 Å². The van der Waals surface area contributed by atoms with Gasteiger partial charge in [0.05, 0.1) is 13.0 Å². The van der Waals surface area contributed by atoms with Crippen LogP contribution >= 0.6 is 0 Å². The molecule has 4 atom stereocenters. The van der Waals surface area contributed by atoms with Crippen molar-refractivity contribution in [1.29, 1.82) is 0 Å². The predicted molar refractivity (Wildman–Crippen MR) is 72.2 cm³/mol. The van der Waals surface area contributed by atoms with E-state index in [0.717, 1.165) is 12.5 Å². The summed E-state index contributed by atoms with van der Waals surface area (Å²) in [5, 5.41) is 3.66. The summed E-state index contributed by atoms with van der Waals surface area (Å²) in [4.78, 5) is 11.5. The third-order valence-corrected chi connectivity index (χ3v) is 5.50. The second-order valence-corrected chi connectivity index (χ2v) is 7.18. The highest BCUT2D eigenvalue weighted by atomic mass is 16.5. The van der Waals surface area contributed by atoms with E-state index in [-0.39, 0.29) is 11.9 Å². The van der Waals surface area contributed by atoms with Crippen LogP contribution in [0.1, 0.15) is 47.0 Å². The number of ether oxygens (including phenoxy) is 1. The summed E-state index contributed by atoms with van der Waals surface area (Å²) in [6.07, 6.45) is 4.03. The van der Waals surface area contributed by atoms with Gasteiger partial charge in [0.2, 0.25) is 0 Å². The van der Waals surface area contributed by atoms with E-state index in [0.29, 0.717) is 16.9 Å². The number of carbonyl (C=O) groups excluding carboxylic acids is 1. The molecule has 104 valence electrons. The van der Waals surface area contributed by atoms with Crippen molar-refractivity contribution < 1.29 is 9.53 Å². The monoisotopic (exact) mass is 253 g/mol. The molecule has 0 heterocycles. The Bertz CT molecular complexity index is 335. The molecule has 3 nitrogen and oxygen atoms in total. The third kappa shape index (κ3) is 2.07. The zero-order valence-corrected chi connectivity index (χ0v) is 12.4. The molecule has 4 unspecified atom stereocenters. The molecule has 0 aromatic rings.